The Balaban J connectivity index is 1.42. The second-order valence-corrected chi connectivity index (χ2v) is 7.43. The normalized spacial score (nSPS) is 39.2. The van der Waals surface area contributed by atoms with E-state index in [1.807, 2.05) is 13.0 Å². The summed E-state index contributed by atoms with van der Waals surface area (Å²) in [5.41, 5.74) is 1.95. The molecule has 1 spiro atoms. The quantitative estimate of drug-likeness (QED) is 0.650. The largest absolute Gasteiger partial charge is 0.390 e. The van der Waals surface area contributed by atoms with Gasteiger partial charge in [0, 0.05) is 30.2 Å². The predicted octanol–water partition coefficient (Wildman–Crippen LogP) is 0.741. The molecular formula is C17H23N3O2. The highest BCUT2D eigenvalue weighted by atomic mass is 16.3. The molecule has 1 aromatic carbocycles. The molecule has 2 fully saturated rings. The van der Waals surface area contributed by atoms with Crippen molar-refractivity contribution in [1.29, 1.82) is 0 Å². The van der Waals surface area contributed by atoms with Crippen molar-refractivity contribution in [2.45, 2.75) is 49.3 Å². The van der Waals surface area contributed by atoms with Gasteiger partial charge in [0.2, 0.25) is 5.91 Å². The average molecular weight is 301 g/mol. The lowest BCUT2D eigenvalue weighted by molar-refractivity contribution is -0.126. The van der Waals surface area contributed by atoms with Gasteiger partial charge in [-0.15, -0.1) is 0 Å². The van der Waals surface area contributed by atoms with Crippen molar-refractivity contribution in [2.24, 2.45) is 0 Å². The van der Waals surface area contributed by atoms with Crippen LogP contribution in [-0.2, 0) is 10.2 Å². The molecule has 1 saturated heterocycles. The van der Waals surface area contributed by atoms with Gasteiger partial charge in [-0.2, -0.15) is 0 Å². The zero-order chi connectivity index (χ0) is 15.4. The molecule has 2 heterocycles. The fourth-order valence-corrected chi connectivity index (χ4v) is 4.24. The first-order chi connectivity index (χ1) is 10.5. The third-order valence-electron chi connectivity index (χ3n) is 5.43. The number of carbonyl (C=O) groups excluding carboxylic acids is 1. The van der Waals surface area contributed by atoms with Gasteiger partial charge in [-0.05, 0) is 37.8 Å². The fourth-order valence-electron chi connectivity index (χ4n) is 4.24. The van der Waals surface area contributed by atoms with Crippen molar-refractivity contribution in [2.75, 3.05) is 18.4 Å². The van der Waals surface area contributed by atoms with Crippen molar-refractivity contribution < 1.29 is 9.90 Å². The van der Waals surface area contributed by atoms with E-state index in [4.69, 9.17) is 0 Å². The number of carbonyl (C=O) groups is 1. The number of hydrogen-bond acceptors (Lipinski definition) is 4. The molecule has 1 amide bonds. The van der Waals surface area contributed by atoms with Crippen molar-refractivity contribution in [3.8, 4) is 0 Å². The molecule has 3 aliphatic rings. The number of benzene rings is 1. The van der Waals surface area contributed by atoms with Crippen LogP contribution >= 0.6 is 0 Å². The molecule has 1 aliphatic carbocycles. The van der Waals surface area contributed by atoms with Gasteiger partial charge in [-0.3, -0.25) is 4.79 Å². The maximum absolute atomic E-state index is 12.4. The number of nitrogens with one attached hydrogen (secondary N) is 3. The van der Waals surface area contributed by atoms with Crippen molar-refractivity contribution >= 4 is 11.6 Å². The fraction of sp³-hybridized carbons (Fsp3) is 0.588. The Kier molecular flexibility index (Phi) is 3.00. The first kappa shape index (κ1) is 14.0. The Morgan fingerprint density at radius 2 is 2.05 bits per heavy atom. The number of hydrogen-bond donors (Lipinski definition) is 4. The molecule has 2 atom stereocenters. The van der Waals surface area contributed by atoms with E-state index < -0.39 is 5.60 Å². The summed E-state index contributed by atoms with van der Waals surface area (Å²) >= 11 is 0. The van der Waals surface area contributed by atoms with Gasteiger partial charge in [0.05, 0.1) is 11.6 Å². The first-order valence-electron chi connectivity index (χ1n) is 8.07. The van der Waals surface area contributed by atoms with Gasteiger partial charge in [0.15, 0.2) is 0 Å². The molecular weight excluding hydrogens is 278 g/mol. The molecule has 1 saturated carbocycles. The SMILES string of the molecule is CC1(O)CC(NC(=O)C2CC3(CNc4ccccc43)CN2)C1. The highest BCUT2D eigenvalue weighted by Gasteiger charge is 2.47. The van der Waals surface area contributed by atoms with E-state index >= 15 is 0 Å². The molecule has 0 bridgehead atoms. The van der Waals surface area contributed by atoms with Gasteiger partial charge in [-0.1, -0.05) is 18.2 Å². The zero-order valence-corrected chi connectivity index (χ0v) is 12.9. The summed E-state index contributed by atoms with van der Waals surface area (Å²) in [5.74, 6) is 0.0711. The molecule has 5 heteroatoms. The lowest BCUT2D eigenvalue weighted by Gasteiger charge is -2.41. The Morgan fingerprint density at radius 3 is 2.82 bits per heavy atom. The van der Waals surface area contributed by atoms with Crippen LogP contribution in [0.3, 0.4) is 0 Å². The summed E-state index contributed by atoms with van der Waals surface area (Å²) < 4.78 is 0. The average Bonchev–Trinajstić information content (AvgIpc) is 3.04. The van der Waals surface area contributed by atoms with Gasteiger partial charge in [-0.25, -0.2) is 0 Å². The molecule has 22 heavy (non-hydrogen) atoms. The lowest BCUT2D eigenvalue weighted by atomic mass is 9.77. The lowest BCUT2D eigenvalue weighted by Crippen LogP contribution is -2.56. The van der Waals surface area contributed by atoms with Crippen LogP contribution in [0.4, 0.5) is 5.69 Å². The summed E-state index contributed by atoms with van der Waals surface area (Å²) in [5, 5.41) is 19.7. The third kappa shape index (κ3) is 2.20. The van der Waals surface area contributed by atoms with E-state index in [1.54, 1.807) is 0 Å². The zero-order valence-electron chi connectivity index (χ0n) is 12.9. The number of para-hydroxylation sites is 1. The van der Waals surface area contributed by atoms with E-state index in [0.29, 0.717) is 12.8 Å². The molecule has 4 N–H and O–H groups in total. The van der Waals surface area contributed by atoms with Crippen LogP contribution < -0.4 is 16.0 Å². The monoisotopic (exact) mass is 301 g/mol. The van der Waals surface area contributed by atoms with Crippen LogP contribution in [0.5, 0.6) is 0 Å². The van der Waals surface area contributed by atoms with E-state index in [0.717, 1.165) is 19.5 Å². The number of amides is 1. The smallest absolute Gasteiger partial charge is 0.237 e. The summed E-state index contributed by atoms with van der Waals surface area (Å²) in [6, 6.07) is 8.36. The molecule has 2 unspecified atom stereocenters. The number of rotatable bonds is 2. The number of anilines is 1. The number of aliphatic hydroxyl groups is 1. The van der Waals surface area contributed by atoms with Gasteiger partial charge < -0.3 is 21.1 Å². The minimum atomic E-state index is -0.601. The minimum absolute atomic E-state index is 0.0315. The third-order valence-corrected chi connectivity index (χ3v) is 5.43. The van der Waals surface area contributed by atoms with Crippen LogP contribution in [0, 0.1) is 0 Å². The topological polar surface area (TPSA) is 73.4 Å². The Hall–Kier alpha value is -1.59. The van der Waals surface area contributed by atoms with Crippen LogP contribution in [0.15, 0.2) is 24.3 Å². The molecule has 0 radical (unpaired) electrons. The standard InChI is InChI=1S/C17H23N3O2/c1-16(22)6-11(7-16)20-15(21)14-8-17(10-19-14)9-18-13-5-3-2-4-12(13)17/h2-5,11,14,18-19,22H,6-10H2,1H3,(H,20,21). The molecule has 0 aromatic heterocycles. The van der Waals surface area contributed by atoms with Crippen LogP contribution in [0.25, 0.3) is 0 Å². The second kappa shape index (κ2) is 4.70. The minimum Gasteiger partial charge on any atom is -0.390 e. The molecule has 4 rings (SSSR count). The molecule has 5 nitrogen and oxygen atoms in total. The molecule has 1 aromatic rings. The van der Waals surface area contributed by atoms with E-state index in [2.05, 4.69) is 34.1 Å². The van der Waals surface area contributed by atoms with Crippen molar-refractivity contribution in [3.05, 3.63) is 29.8 Å². The highest BCUT2D eigenvalue weighted by molar-refractivity contribution is 5.83. The maximum Gasteiger partial charge on any atom is 0.237 e. The van der Waals surface area contributed by atoms with Gasteiger partial charge in [0.25, 0.3) is 0 Å². The Morgan fingerprint density at radius 1 is 1.27 bits per heavy atom. The Labute approximate surface area is 130 Å². The van der Waals surface area contributed by atoms with Crippen LogP contribution in [0.2, 0.25) is 0 Å². The van der Waals surface area contributed by atoms with Crippen LogP contribution in [-0.4, -0.2) is 41.8 Å². The van der Waals surface area contributed by atoms with E-state index in [-0.39, 0.29) is 23.4 Å². The van der Waals surface area contributed by atoms with Crippen molar-refractivity contribution in [3.63, 3.8) is 0 Å². The Bertz CT molecular complexity index is 608. The summed E-state index contributed by atoms with van der Waals surface area (Å²) in [6.45, 7) is 3.54. The van der Waals surface area contributed by atoms with Gasteiger partial charge in [0.1, 0.15) is 0 Å². The summed E-state index contributed by atoms with van der Waals surface area (Å²) in [4.78, 5) is 12.4. The van der Waals surface area contributed by atoms with Crippen LogP contribution in [0.1, 0.15) is 31.7 Å². The predicted molar refractivity (Wildman–Crippen MR) is 84.8 cm³/mol. The van der Waals surface area contributed by atoms with Crippen molar-refractivity contribution in [1.82, 2.24) is 10.6 Å². The highest BCUT2D eigenvalue weighted by Crippen LogP contribution is 2.42. The number of fused-ring (bicyclic) bond motifs is 2. The summed E-state index contributed by atoms with van der Waals surface area (Å²) in [6.07, 6.45) is 2.13. The molecule has 118 valence electrons. The first-order valence-corrected chi connectivity index (χ1v) is 8.07. The summed E-state index contributed by atoms with van der Waals surface area (Å²) in [7, 11) is 0. The second-order valence-electron chi connectivity index (χ2n) is 7.43. The van der Waals surface area contributed by atoms with E-state index in [9.17, 15) is 9.90 Å². The van der Waals surface area contributed by atoms with E-state index in [1.165, 1.54) is 11.3 Å². The molecule has 2 aliphatic heterocycles. The van der Waals surface area contributed by atoms with Gasteiger partial charge >= 0.3 is 0 Å². The maximum atomic E-state index is 12.4.